The molecule has 40 heavy (non-hydrogen) atoms. The van der Waals surface area contributed by atoms with Gasteiger partial charge in [0.2, 0.25) is 0 Å². The Balaban J connectivity index is 1.94. The molecular formula is C26H16BrClF7N3O2. The molecule has 210 valence electrons. The molecule has 2 N–H and O–H groups in total. The molecule has 0 aromatic heterocycles. The molecule has 0 aliphatic carbocycles. The number of carbonyl (C=O) groups is 2. The normalized spacial score (nSPS) is 13.2. The Kier molecular flexibility index (Phi) is 8.86. The summed E-state index contributed by atoms with van der Waals surface area (Å²) in [6.45, 7) is 1.40. The van der Waals surface area contributed by atoms with Crippen molar-refractivity contribution < 1.29 is 40.3 Å². The van der Waals surface area contributed by atoms with Crippen LogP contribution in [0.5, 0.6) is 0 Å². The van der Waals surface area contributed by atoms with Crippen LogP contribution in [0.25, 0.3) is 0 Å². The van der Waals surface area contributed by atoms with Gasteiger partial charge in [-0.15, -0.1) is 0 Å². The number of aryl methyl sites for hydroxylation is 1. The minimum Gasteiger partial charge on any atom is -0.321 e. The quantitative estimate of drug-likeness (QED) is 0.200. The molecule has 0 heterocycles. The Labute approximate surface area is 236 Å². The summed E-state index contributed by atoms with van der Waals surface area (Å²) >= 11 is 7.39. The van der Waals surface area contributed by atoms with Crippen LogP contribution in [0.1, 0.15) is 44.3 Å². The van der Waals surface area contributed by atoms with Gasteiger partial charge in [-0.3, -0.25) is 9.59 Å². The Morgan fingerprint density at radius 3 is 2.12 bits per heavy atom. The van der Waals surface area contributed by atoms with E-state index >= 15 is 4.39 Å². The lowest BCUT2D eigenvalue weighted by Crippen LogP contribution is -2.49. The molecule has 0 saturated heterocycles. The molecule has 5 nitrogen and oxygen atoms in total. The fourth-order valence-electron chi connectivity index (χ4n) is 3.64. The van der Waals surface area contributed by atoms with Gasteiger partial charge < -0.3 is 10.6 Å². The molecule has 1 unspecified atom stereocenters. The lowest BCUT2D eigenvalue weighted by atomic mass is 9.92. The molecule has 0 spiro atoms. The van der Waals surface area contributed by atoms with Crippen molar-refractivity contribution >= 4 is 50.7 Å². The second-order valence-corrected chi connectivity index (χ2v) is 9.59. The van der Waals surface area contributed by atoms with Gasteiger partial charge in [-0.2, -0.15) is 27.2 Å². The summed E-state index contributed by atoms with van der Waals surface area (Å²) in [6.07, 6.45) is -6.26. The summed E-state index contributed by atoms with van der Waals surface area (Å²) in [5.74, 6) is -3.02. The van der Waals surface area contributed by atoms with E-state index in [1.54, 1.807) is 0 Å². The number of benzene rings is 3. The maximum atomic E-state index is 15.2. The molecule has 1 atom stereocenters. The van der Waals surface area contributed by atoms with Crippen molar-refractivity contribution in [2.24, 2.45) is 0 Å². The third kappa shape index (κ3) is 5.93. The van der Waals surface area contributed by atoms with E-state index in [2.05, 4.69) is 38.2 Å². The number of alkyl halides is 7. The van der Waals surface area contributed by atoms with Gasteiger partial charge in [0.15, 0.2) is 5.82 Å². The zero-order chi connectivity index (χ0) is 30.0. The van der Waals surface area contributed by atoms with Gasteiger partial charge in [-0.25, -0.2) is 8.78 Å². The van der Waals surface area contributed by atoms with E-state index in [9.17, 15) is 35.9 Å². The van der Waals surface area contributed by atoms with Gasteiger partial charge in [0, 0.05) is 15.6 Å². The van der Waals surface area contributed by atoms with Crippen molar-refractivity contribution in [1.29, 1.82) is 5.26 Å². The van der Waals surface area contributed by atoms with E-state index in [-0.39, 0.29) is 28.9 Å². The molecule has 0 radical (unpaired) electrons. The number of rotatable bonds is 7. The predicted octanol–water partition coefficient (Wildman–Crippen LogP) is 8.09. The topological polar surface area (TPSA) is 82.0 Å². The third-order valence-electron chi connectivity index (χ3n) is 5.74. The molecule has 0 fully saturated rings. The summed E-state index contributed by atoms with van der Waals surface area (Å²) in [7, 11) is 0. The average Bonchev–Trinajstić information content (AvgIpc) is 2.88. The van der Waals surface area contributed by atoms with Crippen LogP contribution >= 0.6 is 27.5 Å². The summed E-state index contributed by atoms with van der Waals surface area (Å²) < 4.78 is 97.1. The first-order valence-electron chi connectivity index (χ1n) is 11.1. The fraction of sp³-hybridized carbons (Fsp3) is 0.192. The summed E-state index contributed by atoms with van der Waals surface area (Å²) in [5, 5.41) is 8.05. The van der Waals surface area contributed by atoms with Crippen LogP contribution in [0.15, 0.2) is 59.1 Å². The molecule has 2 amide bonds. The van der Waals surface area contributed by atoms with Crippen molar-refractivity contribution in [2.45, 2.75) is 30.6 Å². The van der Waals surface area contributed by atoms with Crippen LogP contribution in [0.4, 0.5) is 42.1 Å². The Hall–Kier alpha value is -3.63. The zero-order valence-electron chi connectivity index (χ0n) is 20.1. The van der Waals surface area contributed by atoms with E-state index in [0.29, 0.717) is 17.7 Å². The minimum atomic E-state index is -6.10. The van der Waals surface area contributed by atoms with Crippen molar-refractivity contribution in [3.8, 4) is 6.07 Å². The van der Waals surface area contributed by atoms with Crippen LogP contribution in [-0.2, 0) is 12.1 Å². The van der Waals surface area contributed by atoms with Crippen molar-refractivity contribution in [3.63, 3.8) is 0 Å². The number of anilines is 2. The molecule has 14 heteroatoms. The van der Waals surface area contributed by atoms with Crippen molar-refractivity contribution in [1.82, 2.24) is 0 Å². The molecule has 3 rings (SSSR count). The van der Waals surface area contributed by atoms with Gasteiger partial charge in [0.25, 0.3) is 11.8 Å². The highest BCUT2D eigenvalue weighted by molar-refractivity contribution is 9.10. The number of hydrogen-bond donors (Lipinski definition) is 2. The predicted molar refractivity (Wildman–Crippen MR) is 137 cm³/mol. The maximum absolute atomic E-state index is 15.2. The SMILES string of the molecule is CCc1cc(C(F)(C(F)(F)F)C(F)(F)Cl)cc(Br)c1NC(=O)c1cccc(NC(=O)c2ccc(C#N)cc2)c1F. The highest BCUT2D eigenvalue weighted by atomic mass is 79.9. The Morgan fingerprint density at radius 2 is 1.60 bits per heavy atom. The number of amides is 2. The monoisotopic (exact) mass is 649 g/mol. The second kappa shape index (κ2) is 11.5. The van der Waals surface area contributed by atoms with Crippen LogP contribution in [0, 0.1) is 17.1 Å². The minimum absolute atomic E-state index is 0.0928. The van der Waals surface area contributed by atoms with Gasteiger partial charge >= 0.3 is 17.2 Å². The smallest absolute Gasteiger partial charge is 0.321 e. The summed E-state index contributed by atoms with van der Waals surface area (Å²) in [5.41, 5.74) is -7.79. The molecule has 3 aromatic rings. The first-order valence-corrected chi connectivity index (χ1v) is 12.3. The van der Waals surface area contributed by atoms with E-state index in [1.165, 1.54) is 43.3 Å². The highest BCUT2D eigenvalue weighted by Crippen LogP contribution is 2.55. The van der Waals surface area contributed by atoms with E-state index in [1.807, 2.05) is 6.07 Å². The Bertz CT molecular complexity index is 1490. The number of hydrogen-bond acceptors (Lipinski definition) is 3. The highest BCUT2D eigenvalue weighted by Gasteiger charge is 2.72. The van der Waals surface area contributed by atoms with Gasteiger partial charge in [-0.1, -0.05) is 13.0 Å². The van der Waals surface area contributed by atoms with Crippen molar-refractivity contribution in [3.05, 3.63) is 92.7 Å². The molecule has 0 bridgehead atoms. The van der Waals surface area contributed by atoms with Crippen LogP contribution in [0.2, 0.25) is 0 Å². The van der Waals surface area contributed by atoms with Crippen LogP contribution in [0.3, 0.4) is 0 Å². The van der Waals surface area contributed by atoms with Crippen LogP contribution < -0.4 is 10.6 Å². The van der Waals surface area contributed by atoms with Gasteiger partial charge in [0.1, 0.15) is 0 Å². The molecule has 0 aliphatic rings. The van der Waals surface area contributed by atoms with Crippen molar-refractivity contribution in [2.75, 3.05) is 10.6 Å². The lowest BCUT2D eigenvalue weighted by Gasteiger charge is -2.32. The molecule has 0 aliphatic heterocycles. The largest absolute Gasteiger partial charge is 0.434 e. The third-order valence-corrected chi connectivity index (χ3v) is 6.62. The maximum Gasteiger partial charge on any atom is 0.434 e. The standard InChI is InChI=1S/C26H16BrClF7N3O2/c1-2-14-10-16(24(30,25(28,31)32)26(33,34)35)11-18(27)21(14)38-23(40)17-4-3-5-19(20(17)29)37-22(39)15-8-6-13(12-36)7-9-15/h3-11H,2H2,1H3,(H,37,39)(H,38,40). The number of nitriles is 1. The number of nitrogens with zero attached hydrogens (tertiary/aromatic N) is 1. The van der Waals surface area contributed by atoms with E-state index in [0.717, 1.165) is 6.07 Å². The lowest BCUT2D eigenvalue weighted by molar-refractivity contribution is -0.286. The second-order valence-electron chi connectivity index (χ2n) is 8.26. The number of carbonyl (C=O) groups excluding carboxylic acids is 2. The Morgan fingerprint density at radius 1 is 0.975 bits per heavy atom. The first-order chi connectivity index (χ1) is 18.5. The van der Waals surface area contributed by atoms with E-state index < -0.39 is 50.5 Å². The van der Waals surface area contributed by atoms with Crippen LogP contribution in [-0.4, -0.2) is 23.4 Å². The molecule has 3 aromatic carbocycles. The first kappa shape index (κ1) is 30.9. The van der Waals surface area contributed by atoms with E-state index in [4.69, 9.17) is 5.26 Å². The summed E-state index contributed by atoms with van der Waals surface area (Å²) in [6, 6.07) is 11.6. The number of nitrogens with one attached hydrogen (secondary N) is 2. The zero-order valence-corrected chi connectivity index (χ0v) is 22.4. The fourth-order valence-corrected chi connectivity index (χ4v) is 4.46. The number of halogens is 9. The average molecular weight is 651 g/mol. The molecule has 0 saturated carbocycles. The van der Waals surface area contributed by atoms with Gasteiger partial charge in [-0.05, 0) is 88.0 Å². The summed E-state index contributed by atoms with van der Waals surface area (Å²) in [4.78, 5) is 25.4. The molecular weight excluding hydrogens is 635 g/mol. The van der Waals surface area contributed by atoms with Gasteiger partial charge in [0.05, 0.1) is 28.6 Å².